The van der Waals surface area contributed by atoms with Gasteiger partial charge < -0.3 is 10.5 Å². The molecule has 2 heterocycles. The molecule has 0 aliphatic rings. The van der Waals surface area contributed by atoms with Crippen molar-refractivity contribution >= 4 is 27.5 Å². The molecule has 26 heavy (non-hydrogen) atoms. The summed E-state index contributed by atoms with van der Waals surface area (Å²) in [5.74, 6) is 0.168. The van der Waals surface area contributed by atoms with E-state index in [0.717, 1.165) is 16.7 Å². The summed E-state index contributed by atoms with van der Waals surface area (Å²) in [5, 5.41) is 2.55. The largest absolute Gasteiger partial charge is 0.384 e. The lowest BCUT2D eigenvalue weighted by Gasteiger charge is -2.12. The molecule has 0 unspecified atom stereocenters. The van der Waals surface area contributed by atoms with Crippen LogP contribution in [0.2, 0.25) is 0 Å². The van der Waals surface area contributed by atoms with Crippen molar-refractivity contribution in [3.63, 3.8) is 0 Å². The van der Waals surface area contributed by atoms with Gasteiger partial charge >= 0.3 is 0 Å². The number of amides is 1. The molecule has 1 amide bonds. The number of carbonyl (C=O) groups is 1. The van der Waals surface area contributed by atoms with Crippen molar-refractivity contribution in [2.24, 2.45) is 5.73 Å². The smallest absolute Gasteiger partial charge is 0.262 e. The molecule has 0 spiro atoms. The Kier molecular flexibility index (Phi) is 5.49. The van der Waals surface area contributed by atoms with Crippen LogP contribution in [-0.2, 0) is 22.5 Å². The number of ether oxygens (including phenoxy) is 1. The topological polar surface area (TPSA) is 87.2 Å². The predicted octanol–water partition coefficient (Wildman–Crippen LogP) is 2.50. The van der Waals surface area contributed by atoms with Crippen LogP contribution in [0.15, 0.2) is 34.4 Å². The SMILES string of the molecule is COCCc1nc2scc(-c3ccc(C)cc3)c2c(=O)n1CCC(N)=O. The number of fused-ring (bicyclic) bond motifs is 1. The Morgan fingerprint density at radius 1 is 1.31 bits per heavy atom. The summed E-state index contributed by atoms with van der Waals surface area (Å²) < 4.78 is 6.67. The lowest BCUT2D eigenvalue weighted by Crippen LogP contribution is -2.28. The summed E-state index contributed by atoms with van der Waals surface area (Å²) in [6, 6.07) is 8.04. The van der Waals surface area contributed by atoms with Crippen LogP contribution >= 0.6 is 11.3 Å². The third-order valence-electron chi connectivity index (χ3n) is 4.25. The zero-order valence-corrected chi connectivity index (χ0v) is 15.6. The van der Waals surface area contributed by atoms with Gasteiger partial charge in [0.25, 0.3) is 5.56 Å². The third kappa shape index (κ3) is 3.68. The molecular weight excluding hydrogens is 350 g/mol. The molecule has 0 atom stereocenters. The Hall–Kier alpha value is -2.51. The van der Waals surface area contributed by atoms with Gasteiger partial charge in [0.05, 0.1) is 12.0 Å². The van der Waals surface area contributed by atoms with Crippen molar-refractivity contribution < 1.29 is 9.53 Å². The lowest BCUT2D eigenvalue weighted by molar-refractivity contribution is -0.118. The fourth-order valence-corrected chi connectivity index (χ4v) is 3.81. The first-order valence-electron chi connectivity index (χ1n) is 8.36. The number of rotatable bonds is 7. The molecule has 0 bridgehead atoms. The summed E-state index contributed by atoms with van der Waals surface area (Å²) in [6.45, 7) is 2.69. The first-order valence-corrected chi connectivity index (χ1v) is 9.24. The average molecular weight is 371 g/mol. The molecule has 136 valence electrons. The molecule has 0 fully saturated rings. The number of primary amides is 1. The number of carbonyl (C=O) groups excluding carboxylic acids is 1. The summed E-state index contributed by atoms with van der Waals surface area (Å²) in [6.07, 6.45) is 0.593. The number of thiophene rings is 1. The third-order valence-corrected chi connectivity index (χ3v) is 5.12. The van der Waals surface area contributed by atoms with Crippen molar-refractivity contribution in [3.8, 4) is 11.1 Å². The molecule has 0 aliphatic carbocycles. The van der Waals surface area contributed by atoms with E-state index in [9.17, 15) is 9.59 Å². The zero-order chi connectivity index (χ0) is 18.7. The minimum Gasteiger partial charge on any atom is -0.384 e. The van der Waals surface area contributed by atoms with E-state index in [1.54, 1.807) is 11.7 Å². The van der Waals surface area contributed by atoms with E-state index in [-0.39, 0.29) is 18.5 Å². The summed E-state index contributed by atoms with van der Waals surface area (Å²) in [7, 11) is 1.60. The minimum atomic E-state index is -0.446. The van der Waals surface area contributed by atoms with Gasteiger partial charge in [0, 0.05) is 37.4 Å². The first-order chi connectivity index (χ1) is 12.5. The van der Waals surface area contributed by atoms with Gasteiger partial charge in [-0.15, -0.1) is 11.3 Å². The van der Waals surface area contributed by atoms with Crippen molar-refractivity contribution in [3.05, 3.63) is 51.4 Å². The standard InChI is InChI=1S/C19H21N3O3S/c1-12-3-5-13(6-4-12)14-11-26-18-17(14)19(24)22(9-7-15(20)23)16(21-18)8-10-25-2/h3-6,11H,7-10H2,1-2H3,(H2,20,23). The van der Waals surface area contributed by atoms with Gasteiger partial charge in [-0.1, -0.05) is 29.8 Å². The number of hydrogen-bond donors (Lipinski definition) is 1. The highest BCUT2D eigenvalue weighted by Gasteiger charge is 2.17. The van der Waals surface area contributed by atoms with E-state index in [1.807, 2.05) is 36.6 Å². The number of aromatic nitrogens is 2. The highest BCUT2D eigenvalue weighted by atomic mass is 32.1. The first kappa shape index (κ1) is 18.3. The number of hydrogen-bond acceptors (Lipinski definition) is 5. The molecule has 0 saturated heterocycles. The van der Waals surface area contributed by atoms with Crippen LogP contribution in [-0.4, -0.2) is 29.2 Å². The summed E-state index contributed by atoms with van der Waals surface area (Å²) in [5.41, 5.74) is 8.14. The van der Waals surface area contributed by atoms with Crippen LogP contribution in [0, 0.1) is 6.92 Å². The molecule has 2 aromatic heterocycles. The maximum absolute atomic E-state index is 13.2. The predicted molar refractivity (Wildman–Crippen MR) is 103 cm³/mol. The second-order valence-corrected chi connectivity index (χ2v) is 7.00. The molecule has 0 radical (unpaired) electrons. The Morgan fingerprint density at radius 3 is 2.69 bits per heavy atom. The molecule has 3 rings (SSSR count). The fourth-order valence-electron chi connectivity index (χ4n) is 2.85. The Morgan fingerprint density at radius 2 is 2.04 bits per heavy atom. The molecule has 6 nitrogen and oxygen atoms in total. The molecule has 3 aromatic rings. The number of methoxy groups -OCH3 is 1. The van der Waals surface area contributed by atoms with E-state index in [4.69, 9.17) is 10.5 Å². The number of nitrogens with two attached hydrogens (primary N) is 1. The maximum Gasteiger partial charge on any atom is 0.262 e. The highest BCUT2D eigenvalue weighted by molar-refractivity contribution is 7.17. The number of benzene rings is 1. The van der Waals surface area contributed by atoms with Crippen LogP contribution in [0.4, 0.5) is 0 Å². The maximum atomic E-state index is 13.2. The van der Waals surface area contributed by atoms with Gasteiger partial charge in [-0.05, 0) is 12.5 Å². The van der Waals surface area contributed by atoms with E-state index >= 15 is 0 Å². The lowest BCUT2D eigenvalue weighted by atomic mass is 10.0. The number of nitrogens with zero attached hydrogens (tertiary/aromatic N) is 2. The fraction of sp³-hybridized carbons (Fsp3) is 0.316. The van der Waals surface area contributed by atoms with Gasteiger partial charge in [-0.2, -0.15) is 0 Å². The molecule has 1 aromatic carbocycles. The second kappa shape index (κ2) is 7.80. The molecular formula is C19H21N3O3S. The van der Waals surface area contributed by atoms with Crippen LogP contribution < -0.4 is 11.3 Å². The van der Waals surface area contributed by atoms with Crippen molar-refractivity contribution in [2.75, 3.05) is 13.7 Å². The van der Waals surface area contributed by atoms with Crippen molar-refractivity contribution in [1.82, 2.24) is 9.55 Å². The van der Waals surface area contributed by atoms with E-state index in [0.29, 0.717) is 29.1 Å². The number of aryl methyl sites for hydroxylation is 1. The normalized spacial score (nSPS) is 11.2. The van der Waals surface area contributed by atoms with Gasteiger partial charge in [0.15, 0.2) is 0 Å². The monoisotopic (exact) mass is 371 g/mol. The molecule has 0 aliphatic heterocycles. The summed E-state index contributed by atoms with van der Waals surface area (Å²) >= 11 is 1.45. The van der Waals surface area contributed by atoms with E-state index in [1.165, 1.54) is 11.3 Å². The Labute approximate surface area is 155 Å². The van der Waals surface area contributed by atoms with Gasteiger partial charge in [0.1, 0.15) is 10.7 Å². The van der Waals surface area contributed by atoms with Crippen molar-refractivity contribution in [2.45, 2.75) is 26.3 Å². The van der Waals surface area contributed by atoms with E-state index < -0.39 is 5.91 Å². The van der Waals surface area contributed by atoms with Crippen LogP contribution in [0.1, 0.15) is 17.8 Å². The molecule has 0 saturated carbocycles. The van der Waals surface area contributed by atoms with Gasteiger partial charge in [0.2, 0.25) is 5.91 Å². The Bertz CT molecular complexity index is 990. The quantitative estimate of drug-likeness (QED) is 0.691. The van der Waals surface area contributed by atoms with Gasteiger partial charge in [-0.3, -0.25) is 14.2 Å². The molecule has 7 heteroatoms. The van der Waals surface area contributed by atoms with Gasteiger partial charge in [-0.25, -0.2) is 4.98 Å². The minimum absolute atomic E-state index is 0.0943. The van der Waals surface area contributed by atoms with E-state index in [2.05, 4.69) is 4.98 Å². The zero-order valence-electron chi connectivity index (χ0n) is 14.8. The summed E-state index contributed by atoms with van der Waals surface area (Å²) in [4.78, 5) is 29.8. The van der Waals surface area contributed by atoms with Crippen LogP contribution in [0.25, 0.3) is 21.3 Å². The van der Waals surface area contributed by atoms with Crippen molar-refractivity contribution in [1.29, 1.82) is 0 Å². The van der Waals surface area contributed by atoms with Crippen LogP contribution in [0.5, 0.6) is 0 Å². The second-order valence-electron chi connectivity index (χ2n) is 6.14. The van der Waals surface area contributed by atoms with Crippen LogP contribution in [0.3, 0.4) is 0 Å². The Balaban J connectivity index is 2.16. The average Bonchev–Trinajstić information content (AvgIpc) is 3.04. The molecule has 2 N–H and O–H groups in total. The highest BCUT2D eigenvalue weighted by Crippen LogP contribution is 2.31.